The van der Waals surface area contributed by atoms with Crippen molar-refractivity contribution in [2.24, 2.45) is 0 Å². The van der Waals surface area contributed by atoms with Gasteiger partial charge in [0.25, 0.3) is 0 Å². The Labute approximate surface area is 108 Å². The van der Waals surface area contributed by atoms with Crippen molar-refractivity contribution in [3.63, 3.8) is 0 Å². The molecule has 4 nitrogen and oxygen atoms in total. The van der Waals surface area contributed by atoms with E-state index in [-0.39, 0.29) is 11.9 Å². The van der Waals surface area contributed by atoms with Crippen LogP contribution in [0, 0.1) is 5.82 Å². The van der Waals surface area contributed by atoms with Gasteiger partial charge in [0.05, 0.1) is 6.26 Å². The highest BCUT2D eigenvalue weighted by Gasteiger charge is 2.07. The van der Waals surface area contributed by atoms with Crippen molar-refractivity contribution in [3.05, 3.63) is 35.6 Å². The third-order valence-electron chi connectivity index (χ3n) is 2.47. The standard InChI is InChI=1S/C12H19FN2O2S/c1-10(14-7-8-15-18(2,16)17)9-11-5-3-4-6-12(11)13/h3-6,10,14-15H,7-9H2,1-2H3. The number of hydrogen-bond donors (Lipinski definition) is 2. The molecule has 0 saturated heterocycles. The Morgan fingerprint density at radius 1 is 1.28 bits per heavy atom. The average Bonchev–Trinajstić information content (AvgIpc) is 2.26. The lowest BCUT2D eigenvalue weighted by Crippen LogP contribution is -2.36. The van der Waals surface area contributed by atoms with Gasteiger partial charge < -0.3 is 5.32 Å². The van der Waals surface area contributed by atoms with Gasteiger partial charge in [0.2, 0.25) is 10.0 Å². The van der Waals surface area contributed by atoms with Crippen molar-refractivity contribution in [3.8, 4) is 0 Å². The van der Waals surface area contributed by atoms with Crippen molar-refractivity contribution >= 4 is 10.0 Å². The Balaban J connectivity index is 2.30. The molecule has 0 fully saturated rings. The molecule has 1 rings (SSSR count). The van der Waals surface area contributed by atoms with E-state index in [1.165, 1.54) is 6.07 Å². The number of sulfonamides is 1. The Kier molecular flexibility index (Phi) is 5.71. The molecule has 0 saturated carbocycles. The summed E-state index contributed by atoms with van der Waals surface area (Å²) in [4.78, 5) is 0. The number of halogens is 1. The van der Waals surface area contributed by atoms with Crippen LogP contribution in [0.4, 0.5) is 4.39 Å². The summed E-state index contributed by atoms with van der Waals surface area (Å²) in [7, 11) is -3.14. The summed E-state index contributed by atoms with van der Waals surface area (Å²) in [5.41, 5.74) is 0.661. The van der Waals surface area contributed by atoms with Gasteiger partial charge in [-0.05, 0) is 25.0 Å². The molecule has 0 bridgehead atoms. The van der Waals surface area contributed by atoms with Crippen LogP contribution in [0.5, 0.6) is 0 Å². The molecular formula is C12H19FN2O2S. The molecule has 0 radical (unpaired) electrons. The molecule has 6 heteroatoms. The highest BCUT2D eigenvalue weighted by molar-refractivity contribution is 7.88. The van der Waals surface area contributed by atoms with Crippen molar-refractivity contribution in [1.29, 1.82) is 0 Å². The molecule has 0 heterocycles. The van der Waals surface area contributed by atoms with Crippen LogP contribution in [0.2, 0.25) is 0 Å². The first-order valence-electron chi connectivity index (χ1n) is 5.80. The fourth-order valence-corrected chi connectivity index (χ4v) is 2.09. The molecule has 0 aliphatic carbocycles. The molecule has 0 amide bonds. The van der Waals surface area contributed by atoms with Gasteiger partial charge in [-0.1, -0.05) is 18.2 Å². The summed E-state index contributed by atoms with van der Waals surface area (Å²) < 4.78 is 37.4. The monoisotopic (exact) mass is 274 g/mol. The first kappa shape index (κ1) is 15.1. The van der Waals surface area contributed by atoms with E-state index in [0.717, 1.165) is 6.26 Å². The van der Waals surface area contributed by atoms with Gasteiger partial charge in [0.15, 0.2) is 0 Å². The zero-order valence-electron chi connectivity index (χ0n) is 10.6. The lowest BCUT2D eigenvalue weighted by atomic mass is 10.1. The molecule has 102 valence electrons. The Hall–Kier alpha value is -0.980. The second kappa shape index (κ2) is 6.82. The van der Waals surface area contributed by atoms with E-state index in [1.807, 2.05) is 6.92 Å². The van der Waals surface area contributed by atoms with Gasteiger partial charge in [-0.25, -0.2) is 17.5 Å². The fraction of sp³-hybridized carbons (Fsp3) is 0.500. The first-order chi connectivity index (χ1) is 8.38. The molecule has 0 aliphatic heterocycles. The Morgan fingerprint density at radius 2 is 1.94 bits per heavy atom. The van der Waals surface area contributed by atoms with Gasteiger partial charge in [-0.2, -0.15) is 0 Å². The highest BCUT2D eigenvalue weighted by atomic mass is 32.2. The summed E-state index contributed by atoms with van der Waals surface area (Å²) in [5, 5.41) is 3.14. The second-order valence-corrected chi connectivity index (χ2v) is 6.15. The summed E-state index contributed by atoms with van der Waals surface area (Å²) in [6.45, 7) is 2.79. The summed E-state index contributed by atoms with van der Waals surface area (Å²) in [6, 6.07) is 6.74. The molecular weight excluding hydrogens is 255 g/mol. The fourth-order valence-electron chi connectivity index (χ4n) is 1.62. The van der Waals surface area contributed by atoms with Crippen LogP contribution >= 0.6 is 0 Å². The van der Waals surface area contributed by atoms with E-state index in [1.54, 1.807) is 18.2 Å². The van der Waals surface area contributed by atoms with Gasteiger partial charge in [0.1, 0.15) is 5.82 Å². The molecule has 1 aromatic carbocycles. The van der Waals surface area contributed by atoms with E-state index in [2.05, 4.69) is 10.0 Å². The van der Waals surface area contributed by atoms with Crippen molar-refractivity contribution in [2.75, 3.05) is 19.3 Å². The Morgan fingerprint density at radius 3 is 2.56 bits per heavy atom. The molecule has 2 N–H and O–H groups in total. The molecule has 18 heavy (non-hydrogen) atoms. The smallest absolute Gasteiger partial charge is 0.208 e. The van der Waals surface area contributed by atoms with E-state index in [0.29, 0.717) is 25.1 Å². The topological polar surface area (TPSA) is 58.2 Å². The first-order valence-corrected chi connectivity index (χ1v) is 7.69. The number of hydrogen-bond acceptors (Lipinski definition) is 3. The van der Waals surface area contributed by atoms with E-state index in [4.69, 9.17) is 0 Å². The summed E-state index contributed by atoms with van der Waals surface area (Å²) in [6.07, 6.45) is 1.70. The van der Waals surface area contributed by atoms with Gasteiger partial charge in [-0.3, -0.25) is 0 Å². The molecule has 0 aromatic heterocycles. The van der Waals surface area contributed by atoms with Crippen molar-refractivity contribution < 1.29 is 12.8 Å². The van der Waals surface area contributed by atoms with Gasteiger partial charge >= 0.3 is 0 Å². The second-order valence-electron chi connectivity index (χ2n) is 4.32. The lowest BCUT2D eigenvalue weighted by molar-refractivity contribution is 0.523. The Bertz CT molecular complexity index is 477. The maximum Gasteiger partial charge on any atom is 0.208 e. The lowest BCUT2D eigenvalue weighted by Gasteiger charge is -2.14. The quantitative estimate of drug-likeness (QED) is 0.726. The van der Waals surface area contributed by atoms with E-state index < -0.39 is 10.0 Å². The number of nitrogens with one attached hydrogen (secondary N) is 2. The average molecular weight is 274 g/mol. The number of benzene rings is 1. The molecule has 1 atom stereocenters. The summed E-state index contributed by atoms with van der Waals surface area (Å²) >= 11 is 0. The van der Waals surface area contributed by atoms with Crippen molar-refractivity contribution in [1.82, 2.24) is 10.0 Å². The third-order valence-corrected chi connectivity index (χ3v) is 3.19. The molecule has 0 spiro atoms. The van der Waals surface area contributed by atoms with Crippen LogP contribution < -0.4 is 10.0 Å². The predicted molar refractivity (Wildman–Crippen MR) is 70.4 cm³/mol. The van der Waals surface area contributed by atoms with Crippen molar-refractivity contribution in [2.45, 2.75) is 19.4 Å². The van der Waals surface area contributed by atoms with E-state index in [9.17, 15) is 12.8 Å². The molecule has 0 aliphatic rings. The maximum atomic E-state index is 13.4. The molecule has 1 unspecified atom stereocenters. The van der Waals surface area contributed by atoms with Crippen LogP contribution in [0.3, 0.4) is 0 Å². The number of rotatable bonds is 7. The van der Waals surface area contributed by atoms with Gasteiger partial charge in [-0.15, -0.1) is 0 Å². The maximum absolute atomic E-state index is 13.4. The van der Waals surface area contributed by atoms with Crippen LogP contribution in [0.1, 0.15) is 12.5 Å². The summed E-state index contributed by atoms with van der Waals surface area (Å²) in [5.74, 6) is -0.208. The van der Waals surface area contributed by atoms with Crippen LogP contribution in [-0.2, 0) is 16.4 Å². The van der Waals surface area contributed by atoms with Crippen LogP contribution in [0.15, 0.2) is 24.3 Å². The van der Waals surface area contributed by atoms with Gasteiger partial charge in [0, 0.05) is 19.1 Å². The third kappa shape index (κ3) is 6.09. The zero-order chi connectivity index (χ0) is 13.6. The minimum Gasteiger partial charge on any atom is -0.313 e. The van der Waals surface area contributed by atoms with Crippen LogP contribution in [-0.4, -0.2) is 33.8 Å². The predicted octanol–water partition coefficient (Wildman–Crippen LogP) is 0.896. The van der Waals surface area contributed by atoms with Crippen LogP contribution in [0.25, 0.3) is 0 Å². The SMILES string of the molecule is CC(Cc1ccccc1F)NCCNS(C)(=O)=O. The minimum absolute atomic E-state index is 0.0864. The highest BCUT2D eigenvalue weighted by Crippen LogP contribution is 2.08. The largest absolute Gasteiger partial charge is 0.313 e. The molecule has 1 aromatic rings. The minimum atomic E-state index is -3.14. The van der Waals surface area contributed by atoms with E-state index >= 15 is 0 Å². The normalized spacial score (nSPS) is 13.5. The zero-order valence-corrected chi connectivity index (χ0v) is 11.4.